The summed E-state index contributed by atoms with van der Waals surface area (Å²) in [6, 6.07) is 8.76. The Kier molecular flexibility index (Phi) is 5.08. The molecule has 0 amide bonds. The van der Waals surface area contributed by atoms with E-state index in [-0.39, 0.29) is 0 Å². The summed E-state index contributed by atoms with van der Waals surface area (Å²) in [6.45, 7) is 0. The van der Waals surface area contributed by atoms with E-state index in [1.165, 1.54) is 24.9 Å². The van der Waals surface area contributed by atoms with Crippen molar-refractivity contribution in [1.29, 1.82) is 0 Å². The standard InChI is InChI=1S/C16H21BrN4S/c1-21(2)12-8-6-11(7-9-12)10-18-20-16-19-14-5-3-4-13(17)15(14)22-16/h6-10,13-15H,3-5H2,1-2H3,(H,19,20)/b18-10-/t13-,14+,15+/m0/s1. The third kappa shape index (κ3) is 3.66. The molecule has 0 saturated heterocycles. The molecule has 3 atom stereocenters. The molecule has 0 bridgehead atoms. The lowest BCUT2D eigenvalue weighted by Gasteiger charge is -2.27. The van der Waals surface area contributed by atoms with Crippen LogP contribution in [-0.4, -0.2) is 41.6 Å². The fourth-order valence-corrected chi connectivity index (χ4v) is 4.96. The molecule has 1 aromatic rings. The lowest BCUT2D eigenvalue weighted by Crippen LogP contribution is -2.31. The summed E-state index contributed by atoms with van der Waals surface area (Å²) in [5.41, 5.74) is 5.36. The molecular formula is C16H21BrN4S. The fraction of sp³-hybridized carbons (Fsp3) is 0.500. The van der Waals surface area contributed by atoms with Crippen LogP contribution in [0.5, 0.6) is 0 Å². The maximum absolute atomic E-state index is 4.75. The Morgan fingerprint density at radius 1 is 1.32 bits per heavy atom. The number of amidine groups is 1. The van der Waals surface area contributed by atoms with E-state index in [1.54, 1.807) is 0 Å². The highest BCUT2D eigenvalue weighted by atomic mass is 79.9. The second kappa shape index (κ2) is 7.04. The van der Waals surface area contributed by atoms with Crippen LogP contribution in [0.25, 0.3) is 0 Å². The molecule has 3 rings (SSSR count). The lowest BCUT2D eigenvalue weighted by molar-refractivity contribution is 0.475. The Labute approximate surface area is 144 Å². The van der Waals surface area contributed by atoms with Gasteiger partial charge in [0.2, 0.25) is 0 Å². The van der Waals surface area contributed by atoms with Gasteiger partial charge in [-0.05, 0) is 30.5 Å². The molecule has 118 valence electrons. The molecule has 22 heavy (non-hydrogen) atoms. The zero-order valence-corrected chi connectivity index (χ0v) is 15.3. The summed E-state index contributed by atoms with van der Waals surface area (Å²) in [5.74, 6) is 0. The predicted molar refractivity (Wildman–Crippen MR) is 101 cm³/mol. The zero-order chi connectivity index (χ0) is 15.5. The number of halogens is 1. The summed E-state index contributed by atoms with van der Waals surface area (Å²) in [7, 11) is 4.08. The summed E-state index contributed by atoms with van der Waals surface area (Å²) < 4.78 is 0. The van der Waals surface area contributed by atoms with E-state index >= 15 is 0 Å². The minimum Gasteiger partial charge on any atom is -0.378 e. The molecule has 0 radical (unpaired) electrons. The molecule has 0 unspecified atom stereocenters. The second-order valence-corrected chi connectivity index (χ2v) is 8.23. The van der Waals surface area contributed by atoms with E-state index in [0.29, 0.717) is 16.1 Å². The molecule has 1 N–H and O–H groups in total. The number of hydrogen-bond acceptors (Lipinski definition) is 5. The van der Waals surface area contributed by atoms with Crippen LogP contribution in [0.15, 0.2) is 34.4 Å². The molecule has 1 aliphatic heterocycles. The number of aliphatic imine (C=N–C) groups is 1. The largest absolute Gasteiger partial charge is 0.378 e. The van der Waals surface area contributed by atoms with Gasteiger partial charge in [-0.15, -0.1) is 0 Å². The number of thioether (sulfide) groups is 1. The Morgan fingerprint density at radius 3 is 2.77 bits per heavy atom. The lowest BCUT2D eigenvalue weighted by atomic mass is 9.95. The van der Waals surface area contributed by atoms with Crippen LogP contribution in [0, 0.1) is 0 Å². The number of anilines is 1. The van der Waals surface area contributed by atoms with Crippen molar-refractivity contribution in [3.63, 3.8) is 0 Å². The van der Waals surface area contributed by atoms with Gasteiger partial charge in [-0.2, -0.15) is 5.10 Å². The van der Waals surface area contributed by atoms with Crippen LogP contribution < -0.4 is 10.3 Å². The number of alkyl halides is 1. The number of nitrogens with zero attached hydrogens (tertiary/aromatic N) is 3. The SMILES string of the molecule is CN(C)c1ccc(/C=N\NC2=N[C@@H]3CCC[C@H](Br)[C@H]3S2)cc1. The Hall–Kier alpha value is -1.01. The van der Waals surface area contributed by atoms with E-state index in [1.807, 2.05) is 32.1 Å². The van der Waals surface area contributed by atoms with Gasteiger partial charge >= 0.3 is 0 Å². The first-order valence-electron chi connectivity index (χ1n) is 7.58. The van der Waals surface area contributed by atoms with Crippen LogP contribution in [-0.2, 0) is 0 Å². The van der Waals surface area contributed by atoms with Crippen molar-refractivity contribution in [3.8, 4) is 0 Å². The maximum Gasteiger partial charge on any atom is 0.177 e. The van der Waals surface area contributed by atoms with Gasteiger partial charge in [0.15, 0.2) is 5.17 Å². The number of rotatable bonds is 3. The van der Waals surface area contributed by atoms with Gasteiger partial charge in [0, 0.05) is 29.9 Å². The Balaban J connectivity index is 1.56. The quantitative estimate of drug-likeness (QED) is 0.495. The van der Waals surface area contributed by atoms with Crippen molar-refractivity contribution in [1.82, 2.24) is 5.43 Å². The highest BCUT2D eigenvalue weighted by Crippen LogP contribution is 2.39. The minimum atomic E-state index is 0.445. The van der Waals surface area contributed by atoms with E-state index < -0.39 is 0 Å². The van der Waals surface area contributed by atoms with Crippen LogP contribution in [0.3, 0.4) is 0 Å². The fourth-order valence-electron chi connectivity index (χ4n) is 2.77. The van der Waals surface area contributed by atoms with Crippen LogP contribution >= 0.6 is 27.7 Å². The first kappa shape index (κ1) is 15.9. The molecule has 1 fully saturated rings. The Bertz CT molecular complexity index is 570. The zero-order valence-electron chi connectivity index (χ0n) is 12.9. The topological polar surface area (TPSA) is 40.0 Å². The number of hydrazone groups is 1. The van der Waals surface area contributed by atoms with E-state index in [2.05, 4.69) is 55.6 Å². The van der Waals surface area contributed by atoms with Gasteiger partial charge in [-0.25, -0.2) is 0 Å². The number of hydrogen-bond donors (Lipinski definition) is 1. The normalized spacial score (nSPS) is 27.6. The van der Waals surface area contributed by atoms with Gasteiger partial charge in [0.1, 0.15) is 0 Å². The summed E-state index contributed by atoms with van der Waals surface area (Å²) in [5, 5.41) is 5.83. The summed E-state index contributed by atoms with van der Waals surface area (Å²) in [6.07, 6.45) is 5.55. The molecular weight excluding hydrogens is 360 g/mol. The highest BCUT2D eigenvalue weighted by molar-refractivity contribution is 9.09. The average Bonchev–Trinajstić information content (AvgIpc) is 2.92. The highest BCUT2D eigenvalue weighted by Gasteiger charge is 2.37. The van der Waals surface area contributed by atoms with Crippen molar-refractivity contribution >= 4 is 44.8 Å². The number of nitrogens with one attached hydrogen (secondary N) is 1. The molecule has 2 aliphatic rings. The molecule has 1 heterocycles. The van der Waals surface area contributed by atoms with Gasteiger partial charge < -0.3 is 4.90 Å². The van der Waals surface area contributed by atoms with Crippen molar-refractivity contribution < 1.29 is 0 Å². The first-order chi connectivity index (χ1) is 10.6. The molecule has 0 spiro atoms. The summed E-state index contributed by atoms with van der Waals surface area (Å²) in [4.78, 5) is 7.40. The minimum absolute atomic E-state index is 0.445. The molecule has 4 nitrogen and oxygen atoms in total. The van der Waals surface area contributed by atoms with Crippen molar-refractivity contribution in [2.75, 3.05) is 19.0 Å². The molecule has 1 aliphatic carbocycles. The average molecular weight is 381 g/mol. The first-order valence-corrected chi connectivity index (χ1v) is 9.38. The third-order valence-corrected chi connectivity index (χ3v) is 6.74. The molecule has 1 aromatic carbocycles. The molecule has 6 heteroatoms. The van der Waals surface area contributed by atoms with E-state index in [0.717, 1.165) is 10.7 Å². The van der Waals surface area contributed by atoms with Gasteiger partial charge in [0.05, 0.1) is 12.3 Å². The van der Waals surface area contributed by atoms with Gasteiger partial charge in [-0.1, -0.05) is 46.2 Å². The van der Waals surface area contributed by atoms with Crippen LogP contribution in [0.2, 0.25) is 0 Å². The molecule has 0 aromatic heterocycles. The van der Waals surface area contributed by atoms with E-state index in [4.69, 9.17) is 4.99 Å². The molecule has 1 saturated carbocycles. The van der Waals surface area contributed by atoms with Gasteiger partial charge in [0.25, 0.3) is 0 Å². The Morgan fingerprint density at radius 2 is 2.09 bits per heavy atom. The van der Waals surface area contributed by atoms with Crippen molar-refractivity contribution in [2.45, 2.75) is 35.4 Å². The van der Waals surface area contributed by atoms with Gasteiger partial charge in [-0.3, -0.25) is 10.4 Å². The van der Waals surface area contributed by atoms with Crippen LogP contribution in [0.1, 0.15) is 24.8 Å². The predicted octanol–water partition coefficient (Wildman–Crippen LogP) is 3.46. The van der Waals surface area contributed by atoms with Crippen molar-refractivity contribution in [2.24, 2.45) is 10.1 Å². The maximum atomic E-state index is 4.75. The monoisotopic (exact) mass is 380 g/mol. The van der Waals surface area contributed by atoms with Crippen molar-refractivity contribution in [3.05, 3.63) is 29.8 Å². The third-order valence-electron chi connectivity index (χ3n) is 4.03. The summed E-state index contributed by atoms with van der Waals surface area (Å²) >= 11 is 5.60. The number of fused-ring (bicyclic) bond motifs is 1. The smallest absolute Gasteiger partial charge is 0.177 e. The van der Waals surface area contributed by atoms with E-state index in [9.17, 15) is 0 Å². The second-order valence-electron chi connectivity index (χ2n) is 5.89. The van der Waals surface area contributed by atoms with Crippen LogP contribution in [0.4, 0.5) is 5.69 Å². The number of benzene rings is 1.